The Hall–Kier alpha value is -1.10. The van der Waals surface area contributed by atoms with E-state index in [4.69, 9.17) is 0 Å². The highest BCUT2D eigenvalue weighted by molar-refractivity contribution is 5.89. The quantitative estimate of drug-likeness (QED) is 0.298. The van der Waals surface area contributed by atoms with Crippen molar-refractivity contribution in [3.8, 4) is 0 Å². The third-order valence-corrected chi connectivity index (χ3v) is 6.23. The van der Waals surface area contributed by atoms with E-state index >= 15 is 0 Å². The van der Waals surface area contributed by atoms with Gasteiger partial charge in [-0.25, -0.2) is 0 Å². The van der Waals surface area contributed by atoms with E-state index in [1.54, 1.807) is 0 Å². The van der Waals surface area contributed by atoms with Crippen molar-refractivity contribution in [1.29, 1.82) is 0 Å². The van der Waals surface area contributed by atoms with Crippen LogP contribution in [0.25, 0.3) is 0 Å². The number of likely N-dealkylation sites (N-methyl/N-ethyl adjacent to an activating group) is 1. The minimum atomic E-state index is -0.161. The lowest BCUT2D eigenvalue weighted by molar-refractivity contribution is -0.129. The van der Waals surface area contributed by atoms with Crippen molar-refractivity contribution in [1.82, 2.24) is 15.1 Å². The molecule has 1 aliphatic rings. The molecule has 5 nitrogen and oxygen atoms in total. The normalized spacial score (nSPS) is 16.6. The van der Waals surface area contributed by atoms with Gasteiger partial charge in [-0.2, -0.15) is 0 Å². The number of amides is 2. The maximum Gasteiger partial charge on any atom is 0.225 e. The molecule has 0 aliphatic carbocycles. The third kappa shape index (κ3) is 13.3. The number of carbonyl (C=O) groups is 2. The largest absolute Gasteiger partial charge is 0.356 e. The molecule has 0 saturated carbocycles. The van der Waals surface area contributed by atoms with Gasteiger partial charge >= 0.3 is 0 Å². The molecule has 1 aliphatic heterocycles. The lowest BCUT2D eigenvalue weighted by Gasteiger charge is -2.19. The second kappa shape index (κ2) is 17.6. The van der Waals surface area contributed by atoms with Gasteiger partial charge in [0.2, 0.25) is 11.8 Å². The number of carbonyl (C=O) groups excluding carboxylic acids is 2. The van der Waals surface area contributed by atoms with E-state index in [-0.39, 0.29) is 17.7 Å². The van der Waals surface area contributed by atoms with Gasteiger partial charge < -0.3 is 15.1 Å². The van der Waals surface area contributed by atoms with Crippen LogP contribution in [0.5, 0.6) is 0 Å². The van der Waals surface area contributed by atoms with Crippen molar-refractivity contribution in [2.45, 2.75) is 103 Å². The minimum absolute atomic E-state index is 0.0606. The van der Waals surface area contributed by atoms with Crippen LogP contribution < -0.4 is 5.32 Å². The lowest BCUT2D eigenvalue weighted by atomic mass is 10.0. The van der Waals surface area contributed by atoms with E-state index in [2.05, 4.69) is 17.1 Å². The first kappa shape index (κ1) is 26.9. The molecule has 0 aromatic heterocycles. The molecular formula is C25H49N3O2. The topological polar surface area (TPSA) is 52.7 Å². The second-order valence-corrected chi connectivity index (χ2v) is 9.43. The molecule has 0 radical (unpaired) electrons. The van der Waals surface area contributed by atoms with Crippen molar-refractivity contribution >= 4 is 11.8 Å². The van der Waals surface area contributed by atoms with Gasteiger partial charge in [-0.05, 0) is 20.5 Å². The fourth-order valence-electron chi connectivity index (χ4n) is 4.16. The summed E-state index contributed by atoms with van der Waals surface area (Å²) in [6, 6.07) is 0. The predicted molar refractivity (Wildman–Crippen MR) is 127 cm³/mol. The summed E-state index contributed by atoms with van der Waals surface area (Å²) in [5.74, 6) is 0.0187. The van der Waals surface area contributed by atoms with E-state index in [1.165, 1.54) is 83.5 Å². The molecule has 1 heterocycles. The van der Waals surface area contributed by atoms with Gasteiger partial charge in [0.25, 0.3) is 0 Å². The van der Waals surface area contributed by atoms with E-state index in [0.29, 0.717) is 19.5 Å². The zero-order valence-electron chi connectivity index (χ0n) is 20.2. The summed E-state index contributed by atoms with van der Waals surface area (Å²) < 4.78 is 0. The van der Waals surface area contributed by atoms with Crippen LogP contribution in [0.15, 0.2) is 0 Å². The molecule has 2 amide bonds. The number of unbranched alkanes of at least 4 members (excludes halogenated alkanes) is 13. The number of likely N-dealkylation sites (tertiary alicyclic amines) is 1. The second-order valence-electron chi connectivity index (χ2n) is 9.43. The maximum absolute atomic E-state index is 12.3. The monoisotopic (exact) mass is 423 g/mol. The summed E-state index contributed by atoms with van der Waals surface area (Å²) in [7, 11) is 4.00. The van der Waals surface area contributed by atoms with Crippen molar-refractivity contribution in [3.05, 3.63) is 0 Å². The van der Waals surface area contributed by atoms with Gasteiger partial charge in [-0.1, -0.05) is 90.4 Å². The molecule has 0 aromatic rings. The van der Waals surface area contributed by atoms with Crippen molar-refractivity contribution < 1.29 is 9.59 Å². The Morgan fingerprint density at radius 2 is 1.40 bits per heavy atom. The average molecular weight is 424 g/mol. The Kier molecular flexibility index (Phi) is 15.8. The first-order valence-electron chi connectivity index (χ1n) is 12.7. The highest BCUT2D eigenvalue weighted by Gasteiger charge is 2.33. The van der Waals surface area contributed by atoms with E-state index in [0.717, 1.165) is 19.5 Å². The summed E-state index contributed by atoms with van der Waals surface area (Å²) in [6.45, 7) is 5.17. The highest BCUT2D eigenvalue weighted by atomic mass is 16.2. The van der Waals surface area contributed by atoms with Crippen molar-refractivity contribution in [2.24, 2.45) is 5.92 Å². The van der Waals surface area contributed by atoms with Crippen LogP contribution in [0.4, 0.5) is 0 Å². The maximum atomic E-state index is 12.3. The van der Waals surface area contributed by atoms with Crippen LogP contribution in [0.3, 0.4) is 0 Å². The molecule has 0 bridgehead atoms. The number of nitrogens with zero attached hydrogens (tertiary/aromatic N) is 2. The van der Waals surface area contributed by atoms with Crippen LogP contribution in [0.2, 0.25) is 0 Å². The van der Waals surface area contributed by atoms with E-state index in [1.807, 2.05) is 19.0 Å². The molecule has 1 saturated heterocycles. The first-order chi connectivity index (χ1) is 14.5. The zero-order chi connectivity index (χ0) is 22.0. The Morgan fingerprint density at radius 1 is 0.900 bits per heavy atom. The molecule has 1 unspecified atom stereocenters. The first-order valence-corrected chi connectivity index (χ1v) is 12.7. The number of hydrogen-bond donors (Lipinski definition) is 1. The fraction of sp³-hybridized carbons (Fsp3) is 0.920. The minimum Gasteiger partial charge on any atom is -0.356 e. The van der Waals surface area contributed by atoms with Gasteiger partial charge in [0.1, 0.15) is 0 Å². The fourth-order valence-corrected chi connectivity index (χ4v) is 4.16. The molecule has 1 rings (SSSR count). The number of hydrogen-bond acceptors (Lipinski definition) is 3. The molecular weight excluding hydrogens is 374 g/mol. The lowest BCUT2D eigenvalue weighted by Crippen LogP contribution is -2.35. The molecule has 0 aromatic carbocycles. The van der Waals surface area contributed by atoms with Crippen molar-refractivity contribution in [3.63, 3.8) is 0 Å². The number of nitrogens with one attached hydrogen (secondary N) is 1. The van der Waals surface area contributed by atoms with Crippen LogP contribution >= 0.6 is 0 Å². The van der Waals surface area contributed by atoms with Gasteiger partial charge in [-0.3, -0.25) is 9.59 Å². The standard InChI is InChI=1S/C25H49N3O2/c1-4-5-6-7-8-9-10-11-12-13-14-15-16-17-18-26-25(30)23-21-24(29)28(22-23)20-19-27(2)3/h23H,4-22H2,1-3H3,(H,26,30). The summed E-state index contributed by atoms with van der Waals surface area (Å²) in [6.07, 6.45) is 19.2. The van der Waals surface area contributed by atoms with Gasteiger partial charge in [0.05, 0.1) is 5.92 Å². The summed E-state index contributed by atoms with van der Waals surface area (Å²) in [5.41, 5.74) is 0. The Balaban J connectivity index is 1.89. The zero-order valence-corrected chi connectivity index (χ0v) is 20.2. The predicted octanol–water partition coefficient (Wildman–Crippen LogP) is 4.99. The van der Waals surface area contributed by atoms with Crippen LogP contribution in [-0.2, 0) is 9.59 Å². The Bertz CT molecular complexity index is 454. The molecule has 5 heteroatoms. The van der Waals surface area contributed by atoms with E-state index in [9.17, 15) is 9.59 Å². The average Bonchev–Trinajstić information content (AvgIpc) is 3.10. The number of rotatable bonds is 19. The van der Waals surface area contributed by atoms with Crippen molar-refractivity contribution in [2.75, 3.05) is 40.3 Å². The van der Waals surface area contributed by atoms with Gasteiger partial charge in [0, 0.05) is 32.6 Å². The van der Waals surface area contributed by atoms with Gasteiger partial charge in [0.15, 0.2) is 0 Å². The Morgan fingerprint density at radius 3 is 1.90 bits per heavy atom. The van der Waals surface area contributed by atoms with E-state index < -0.39 is 0 Å². The molecule has 30 heavy (non-hydrogen) atoms. The highest BCUT2D eigenvalue weighted by Crippen LogP contribution is 2.18. The summed E-state index contributed by atoms with van der Waals surface area (Å²) in [5, 5.41) is 3.05. The van der Waals surface area contributed by atoms with Crippen LogP contribution in [0.1, 0.15) is 103 Å². The molecule has 0 spiro atoms. The SMILES string of the molecule is CCCCCCCCCCCCCCCCNC(=O)C1CC(=O)N(CCN(C)C)C1. The summed E-state index contributed by atoms with van der Waals surface area (Å²) in [4.78, 5) is 28.2. The molecule has 176 valence electrons. The Labute approximate surface area is 186 Å². The molecule has 1 N–H and O–H groups in total. The van der Waals surface area contributed by atoms with Crippen LogP contribution in [-0.4, -0.2) is 61.9 Å². The molecule has 1 atom stereocenters. The van der Waals surface area contributed by atoms with Crippen LogP contribution in [0, 0.1) is 5.92 Å². The van der Waals surface area contributed by atoms with Gasteiger partial charge in [-0.15, -0.1) is 0 Å². The third-order valence-electron chi connectivity index (χ3n) is 6.23. The summed E-state index contributed by atoms with van der Waals surface area (Å²) >= 11 is 0. The smallest absolute Gasteiger partial charge is 0.225 e. The molecule has 1 fully saturated rings.